The lowest BCUT2D eigenvalue weighted by atomic mass is 10.0. The lowest BCUT2D eigenvalue weighted by Gasteiger charge is -2.21. The van der Waals surface area contributed by atoms with Crippen molar-refractivity contribution >= 4 is 17.5 Å². The number of halogens is 1. The number of amides is 2. The fraction of sp³-hybridized carbons (Fsp3) is 0.440. The molecule has 1 aromatic carbocycles. The number of carbonyl (C=O) groups excluding carboxylic acids is 2. The van der Waals surface area contributed by atoms with E-state index in [1.165, 1.54) is 12.1 Å². The number of aromatic nitrogens is 3. The van der Waals surface area contributed by atoms with Crippen molar-refractivity contribution < 1.29 is 18.7 Å². The van der Waals surface area contributed by atoms with Gasteiger partial charge in [0.05, 0.1) is 18.5 Å². The predicted molar refractivity (Wildman–Crippen MR) is 126 cm³/mol. The molecule has 8 nitrogen and oxygen atoms in total. The Morgan fingerprint density at radius 2 is 1.91 bits per heavy atom. The Labute approximate surface area is 198 Å². The van der Waals surface area contributed by atoms with Gasteiger partial charge in [0.25, 0.3) is 5.91 Å². The van der Waals surface area contributed by atoms with Gasteiger partial charge in [0.2, 0.25) is 5.91 Å². The molecule has 3 aromatic rings. The van der Waals surface area contributed by atoms with E-state index >= 15 is 0 Å². The SMILES string of the molecule is CC(C)c1cc(-c2ccc(F)cc2)nn2cc(C(=O)N3CCNC(=O)C(C(C)C)OCC3)nc12. The summed E-state index contributed by atoms with van der Waals surface area (Å²) in [5.74, 6) is -0.540. The van der Waals surface area contributed by atoms with Crippen LogP contribution in [0.5, 0.6) is 0 Å². The molecule has 0 bridgehead atoms. The molecule has 1 aliphatic rings. The summed E-state index contributed by atoms with van der Waals surface area (Å²) in [6.45, 7) is 9.28. The summed E-state index contributed by atoms with van der Waals surface area (Å²) in [6, 6.07) is 8.09. The Kier molecular flexibility index (Phi) is 6.92. The van der Waals surface area contributed by atoms with Crippen LogP contribution in [-0.4, -0.2) is 63.7 Å². The van der Waals surface area contributed by atoms with E-state index in [9.17, 15) is 14.0 Å². The molecule has 0 saturated carbocycles. The van der Waals surface area contributed by atoms with Crippen molar-refractivity contribution in [2.45, 2.75) is 39.7 Å². The van der Waals surface area contributed by atoms with Crippen molar-refractivity contribution in [3.63, 3.8) is 0 Å². The molecule has 9 heteroatoms. The maximum atomic E-state index is 13.4. The van der Waals surface area contributed by atoms with Gasteiger partial charge in [-0.2, -0.15) is 5.10 Å². The molecule has 1 saturated heterocycles. The number of rotatable bonds is 4. The van der Waals surface area contributed by atoms with Crippen LogP contribution >= 0.6 is 0 Å². The first-order valence-corrected chi connectivity index (χ1v) is 11.6. The van der Waals surface area contributed by atoms with Crippen LogP contribution in [0.1, 0.15) is 49.7 Å². The fourth-order valence-corrected chi connectivity index (χ4v) is 4.04. The maximum Gasteiger partial charge on any atom is 0.274 e. The molecular formula is C25H30FN5O3. The molecule has 1 atom stereocenters. The first kappa shape index (κ1) is 23.8. The zero-order valence-electron chi connectivity index (χ0n) is 19.9. The third-order valence-electron chi connectivity index (χ3n) is 5.93. The summed E-state index contributed by atoms with van der Waals surface area (Å²) in [5.41, 5.74) is 3.27. The lowest BCUT2D eigenvalue weighted by molar-refractivity contribution is -0.135. The van der Waals surface area contributed by atoms with Crippen molar-refractivity contribution in [2.75, 3.05) is 26.2 Å². The van der Waals surface area contributed by atoms with E-state index < -0.39 is 6.10 Å². The first-order chi connectivity index (χ1) is 16.2. The van der Waals surface area contributed by atoms with Crippen molar-refractivity contribution in [1.29, 1.82) is 0 Å². The minimum atomic E-state index is -0.534. The van der Waals surface area contributed by atoms with Gasteiger partial charge in [0.1, 0.15) is 17.6 Å². The molecule has 1 unspecified atom stereocenters. The van der Waals surface area contributed by atoms with Crippen LogP contribution in [0.25, 0.3) is 16.9 Å². The Balaban J connectivity index is 1.63. The van der Waals surface area contributed by atoms with Crippen LogP contribution in [0, 0.1) is 11.7 Å². The normalized spacial score (nSPS) is 17.6. The van der Waals surface area contributed by atoms with Crippen molar-refractivity contribution in [3.05, 3.63) is 53.6 Å². The quantitative estimate of drug-likeness (QED) is 0.636. The average Bonchev–Trinajstić information content (AvgIpc) is 3.26. The molecule has 1 fully saturated rings. The predicted octanol–water partition coefficient (Wildman–Crippen LogP) is 3.27. The van der Waals surface area contributed by atoms with E-state index in [4.69, 9.17) is 4.74 Å². The molecule has 34 heavy (non-hydrogen) atoms. The van der Waals surface area contributed by atoms with Crippen molar-refractivity contribution in [2.24, 2.45) is 5.92 Å². The van der Waals surface area contributed by atoms with Crippen LogP contribution < -0.4 is 5.32 Å². The Morgan fingerprint density at radius 1 is 1.18 bits per heavy atom. The van der Waals surface area contributed by atoms with E-state index in [1.807, 2.05) is 33.8 Å². The van der Waals surface area contributed by atoms with E-state index in [-0.39, 0.29) is 41.8 Å². The number of ether oxygens (including phenoxy) is 1. The van der Waals surface area contributed by atoms with Gasteiger partial charge >= 0.3 is 0 Å². The van der Waals surface area contributed by atoms with Gasteiger partial charge in [0.15, 0.2) is 5.65 Å². The van der Waals surface area contributed by atoms with Crippen molar-refractivity contribution in [1.82, 2.24) is 24.8 Å². The first-order valence-electron chi connectivity index (χ1n) is 11.6. The third-order valence-corrected chi connectivity index (χ3v) is 5.93. The highest BCUT2D eigenvalue weighted by molar-refractivity contribution is 5.93. The summed E-state index contributed by atoms with van der Waals surface area (Å²) in [5, 5.41) is 7.48. The number of benzene rings is 1. The molecule has 3 heterocycles. The highest BCUT2D eigenvalue weighted by Gasteiger charge is 2.27. The smallest absolute Gasteiger partial charge is 0.274 e. The third kappa shape index (κ3) is 4.94. The van der Waals surface area contributed by atoms with Crippen LogP contribution in [0.3, 0.4) is 0 Å². The largest absolute Gasteiger partial charge is 0.366 e. The second-order valence-electron chi connectivity index (χ2n) is 9.16. The molecule has 1 N–H and O–H groups in total. The van der Waals surface area contributed by atoms with Gasteiger partial charge in [-0.15, -0.1) is 0 Å². The van der Waals surface area contributed by atoms with Gasteiger partial charge in [-0.3, -0.25) is 9.59 Å². The molecular weight excluding hydrogens is 437 g/mol. The highest BCUT2D eigenvalue weighted by Crippen LogP contribution is 2.26. The number of carbonyl (C=O) groups is 2. The van der Waals surface area contributed by atoms with Gasteiger partial charge in [-0.25, -0.2) is 13.9 Å². The lowest BCUT2D eigenvalue weighted by Crippen LogP contribution is -2.41. The molecule has 0 aliphatic carbocycles. The fourth-order valence-electron chi connectivity index (χ4n) is 4.04. The summed E-state index contributed by atoms with van der Waals surface area (Å²) in [7, 11) is 0. The minimum absolute atomic E-state index is 0.0384. The topological polar surface area (TPSA) is 88.8 Å². The molecule has 0 radical (unpaired) electrons. The zero-order valence-corrected chi connectivity index (χ0v) is 19.9. The second-order valence-corrected chi connectivity index (χ2v) is 9.16. The summed E-state index contributed by atoms with van der Waals surface area (Å²) >= 11 is 0. The van der Waals surface area contributed by atoms with E-state index in [1.54, 1.807) is 27.7 Å². The zero-order chi connectivity index (χ0) is 24.4. The Hall–Kier alpha value is -3.33. The molecule has 2 aromatic heterocycles. The van der Waals surface area contributed by atoms with Crippen LogP contribution in [0.15, 0.2) is 36.5 Å². The van der Waals surface area contributed by atoms with E-state index in [2.05, 4.69) is 15.4 Å². The Bertz CT molecular complexity index is 1190. The maximum absolute atomic E-state index is 13.4. The number of hydrogen-bond acceptors (Lipinski definition) is 5. The summed E-state index contributed by atoms with van der Waals surface area (Å²) in [4.78, 5) is 31.9. The second kappa shape index (κ2) is 9.89. The molecule has 4 rings (SSSR count). The molecule has 180 valence electrons. The monoisotopic (exact) mass is 467 g/mol. The van der Waals surface area contributed by atoms with Crippen LogP contribution in [-0.2, 0) is 9.53 Å². The number of nitrogens with zero attached hydrogens (tertiary/aromatic N) is 4. The van der Waals surface area contributed by atoms with Gasteiger partial charge in [0, 0.05) is 30.8 Å². The van der Waals surface area contributed by atoms with Gasteiger partial charge in [-0.05, 0) is 42.2 Å². The number of fused-ring (bicyclic) bond motifs is 1. The molecule has 0 spiro atoms. The summed E-state index contributed by atoms with van der Waals surface area (Å²) < 4.78 is 20.8. The highest BCUT2D eigenvalue weighted by atomic mass is 19.1. The minimum Gasteiger partial charge on any atom is -0.366 e. The van der Waals surface area contributed by atoms with Crippen LogP contribution in [0.2, 0.25) is 0 Å². The van der Waals surface area contributed by atoms with E-state index in [0.29, 0.717) is 31.0 Å². The number of hydrogen-bond donors (Lipinski definition) is 1. The van der Waals surface area contributed by atoms with Crippen LogP contribution in [0.4, 0.5) is 4.39 Å². The Morgan fingerprint density at radius 3 is 2.59 bits per heavy atom. The van der Waals surface area contributed by atoms with E-state index in [0.717, 1.165) is 11.1 Å². The standard InChI is InChI=1S/C25H30FN5O3/c1-15(2)19-13-20(17-5-7-18(26)8-6-17)29-31-14-21(28-23(19)31)25(33)30-10-9-27-24(32)22(16(3)4)34-12-11-30/h5-8,13-16,22H,9-12H2,1-4H3,(H,27,32). The van der Waals surface area contributed by atoms with Gasteiger partial charge in [-0.1, -0.05) is 27.7 Å². The molecule has 2 amide bonds. The average molecular weight is 468 g/mol. The molecule has 1 aliphatic heterocycles. The number of imidazole rings is 1. The number of nitrogens with one attached hydrogen (secondary N) is 1. The van der Waals surface area contributed by atoms with Gasteiger partial charge < -0.3 is 15.0 Å². The summed E-state index contributed by atoms with van der Waals surface area (Å²) in [6.07, 6.45) is 1.09. The van der Waals surface area contributed by atoms with Crippen molar-refractivity contribution in [3.8, 4) is 11.3 Å².